The lowest BCUT2D eigenvalue weighted by Crippen LogP contribution is -2.48. The normalized spacial score (nSPS) is 29.7. The van der Waals surface area contributed by atoms with Crippen LogP contribution in [-0.4, -0.2) is 60.6 Å². The first-order valence-electron chi connectivity index (χ1n) is 6.87. The van der Waals surface area contributed by atoms with Crippen LogP contribution in [0.25, 0.3) is 0 Å². The van der Waals surface area contributed by atoms with Crippen molar-refractivity contribution in [1.29, 1.82) is 0 Å². The van der Waals surface area contributed by atoms with Crippen LogP contribution in [0.2, 0.25) is 0 Å². The highest BCUT2D eigenvalue weighted by atomic mass is 16.1. The van der Waals surface area contributed by atoms with Crippen molar-refractivity contribution in [3.63, 3.8) is 0 Å². The number of likely N-dealkylation sites (N-methyl/N-ethyl adjacent to an activating group) is 1. The first-order chi connectivity index (χ1) is 8.74. The van der Waals surface area contributed by atoms with Gasteiger partial charge in [-0.15, -0.1) is 0 Å². The quantitative estimate of drug-likeness (QED) is 0.636. The molecule has 1 unspecified atom stereocenters. The molecule has 1 amide bonds. The Kier molecular flexibility index (Phi) is 3.16. The summed E-state index contributed by atoms with van der Waals surface area (Å²) in [4.78, 5) is 25.3. The van der Waals surface area contributed by atoms with Crippen LogP contribution in [0.15, 0.2) is 9.98 Å². The van der Waals surface area contributed by atoms with Gasteiger partial charge in [-0.3, -0.25) is 4.79 Å². The van der Waals surface area contributed by atoms with E-state index < -0.39 is 0 Å². The molecular formula is C13H20N4O. The summed E-state index contributed by atoms with van der Waals surface area (Å²) in [6.07, 6.45) is 4.22. The minimum atomic E-state index is -0.00466. The number of nitrogens with zero attached hydrogens (tertiary/aromatic N) is 4. The van der Waals surface area contributed by atoms with Crippen LogP contribution in [0.4, 0.5) is 0 Å². The second kappa shape index (κ2) is 4.80. The highest BCUT2D eigenvalue weighted by molar-refractivity contribution is 6.15. The topological polar surface area (TPSA) is 48.3 Å². The van der Waals surface area contributed by atoms with E-state index in [0.29, 0.717) is 5.96 Å². The van der Waals surface area contributed by atoms with Gasteiger partial charge in [0.15, 0.2) is 0 Å². The first-order valence-corrected chi connectivity index (χ1v) is 6.87. The molecule has 0 aromatic carbocycles. The summed E-state index contributed by atoms with van der Waals surface area (Å²) in [5.74, 6) is 0.699. The molecule has 18 heavy (non-hydrogen) atoms. The molecule has 0 aromatic heterocycles. The van der Waals surface area contributed by atoms with Crippen LogP contribution in [0.5, 0.6) is 0 Å². The molecular weight excluding hydrogens is 228 g/mol. The molecule has 1 saturated heterocycles. The van der Waals surface area contributed by atoms with Crippen molar-refractivity contribution in [1.82, 2.24) is 9.80 Å². The van der Waals surface area contributed by atoms with Crippen molar-refractivity contribution >= 4 is 17.6 Å². The van der Waals surface area contributed by atoms with Crippen molar-refractivity contribution in [2.24, 2.45) is 15.9 Å². The van der Waals surface area contributed by atoms with Crippen LogP contribution in [0.3, 0.4) is 0 Å². The summed E-state index contributed by atoms with van der Waals surface area (Å²) in [6, 6.07) is 0. The standard InChI is InChI=1S/C13H20N4O/c1-16-6-8-17(9-7-16)13-14-11-5-3-2-4-10(11)12(18)15-13/h10H,2-9H2,1H3. The molecule has 1 atom stereocenters. The van der Waals surface area contributed by atoms with Gasteiger partial charge in [0, 0.05) is 31.9 Å². The molecule has 5 heteroatoms. The average Bonchev–Trinajstić information content (AvgIpc) is 2.39. The summed E-state index contributed by atoms with van der Waals surface area (Å²) in [7, 11) is 2.12. The maximum absolute atomic E-state index is 12.0. The largest absolute Gasteiger partial charge is 0.338 e. The number of carbonyl (C=O) groups excluding carboxylic acids is 1. The zero-order chi connectivity index (χ0) is 12.5. The molecule has 0 radical (unpaired) electrons. The molecule has 2 heterocycles. The van der Waals surface area contributed by atoms with Gasteiger partial charge in [-0.25, -0.2) is 4.99 Å². The maximum atomic E-state index is 12.0. The third-order valence-electron chi connectivity index (χ3n) is 4.12. The van der Waals surface area contributed by atoms with Gasteiger partial charge < -0.3 is 9.80 Å². The molecule has 5 nitrogen and oxygen atoms in total. The van der Waals surface area contributed by atoms with E-state index in [9.17, 15) is 4.79 Å². The monoisotopic (exact) mass is 248 g/mol. The first kappa shape index (κ1) is 11.8. The molecule has 2 aliphatic heterocycles. The highest BCUT2D eigenvalue weighted by Crippen LogP contribution is 2.26. The van der Waals surface area contributed by atoms with E-state index in [4.69, 9.17) is 0 Å². The molecule has 0 bridgehead atoms. The van der Waals surface area contributed by atoms with Crippen LogP contribution in [0, 0.1) is 5.92 Å². The summed E-state index contributed by atoms with van der Waals surface area (Å²) in [6.45, 7) is 3.87. The minimum Gasteiger partial charge on any atom is -0.338 e. The van der Waals surface area contributed by atoms with Crippen molar-refractivity contribution in [2.45, 2.75) is 25.7 Å². The number of hydrogen-bond acceptors (Lipinski definition) is 4. The lowest BCUT2D eigenvalue weighted by Gasteiger charge is -2.35. The van der Waals surface area contributed by atoms with Crippen molar-refractivity contribution in [2.75, 3.05) is 33.2 Å². The van der Waals surface area contributed by atoms with Crippen LogP contribution in [-0.2, 0) is 4.79 Å². The van der Waals surface area contributed by atoms with Gasteiger partial charge in [-0.2, -0.15) is 4.99 Å². The average molecular weight is 248 g/mol. The third kappa shape index (κ3) is 2.19. The highest BCUT2D eigenvalue weighted by Gasteiger charge is 2.32. The van der Waals surface area contributed by atoms with E-state index >= 15 is 0 Å². The smallest absolute Gasteiger partial charge is 0.257 e. The number of guanidine groups is 1. The third-order valence-corrected chi connectivity index (χ3v) is 4.12. The molecule has 3 rings (SSSR count). The summed E-state index contributed by atoms with van der Waals surface area (Å²) in [5.41, 5.74) is 1.08. The predicted octanol–water partition coefficient (Wildman–Crippen LogP) is 0.761. The Balaban J connectivity index is 1.77. The Morgan fingerprint density at radius 3 is 2.67 bits per heavy atom. The Morgan fingerprint density at radius 2 is 1.89 bits per heavy atom. The second-order valence-corrected chi connectivity index (χ2v) is 5.44. The van der Waals surface area contributed by atoms with Crippen molar-refractivity contribution in [3.05, 3.63) is 0 Å². The van der Waals surface area contributed by atoms with E-state index in [1.165, 1.54) is 6.42 Å². The maximum Gasteiger partial charge on any atom is 0.257 e. The molecule has 1 aliphatic carbocycles. The Labute approximate surface area is 108 Å². The predicted molar refractivity (Wildman–Crippen MR) is 70.9 cm³/mol. The van der Waals surface area contributed by atoms with Crippen molar-refractivity contribution in [3.8, 4) is 0 Å². The van der Waals surface area contributed by atoms with E-state index in [-0.39, 0.29) is 11.8 Å². The number of amides is 1. The fourth-order valence-electron chi connectivity index (χ4n) is 2.87. The number of rotatable bonds is 0. The van der Waals surface area contributed by atoms with E-state index in [0.717, 1.165) is 51.2 Å². The molecule has 1 saturated carbocycles. The number of fused-ring (bicyclic) bond motifs is 1. The SMILES string of the molecule is CN1CCN(C2=NC(=O)C3CCCCC3=N2)CC1. The zero-order valence-corrected chi connectivity index (χ0v) is 10.9. The van der Waals surface area contributed by atoms with Gasteiger partial charge in [-0.1, -0.05) is 6.42 Å². The van der Waals surface area contributed by atoms with Gasteiger partial charge in [0.2, 0.25) is 5.96 Å². The van der Waals surface area contributed by atoms with Crippen LogP contribution in [0.1, 0.15) is 25.7 Å². The molecule has 0 aromatic rings. The number of hydrogen-bond donors (Lipinski definition) is 0. The number of aliphatic imine (C=N–C) groups is 2. The fraction of sp³-hybridized carbons (Fsp3) is 0.769. The van der Waals surface area contributed by atoms with Crippen molar-refractivity contribution < 1.29 is 4.79 Å². The van der Waals surface area contributed by atoms with Crippen LogP contribution < -0.4 is 0 Å². The van der Waals surface area contributed by atoms with Gasteiger partial charge in [0.1, 0.15) is 0 Å². The number of piperazine rings is 1. The van der Waals surface area contributed by atoms with Gasteiger partial charge in [0.05, 0.1) is 5.92 Å². The summed E-state index contributed by atoms with van der Waals surface area (Å²) in [5, 5.41) is 0. The summed E-state index contributed by atoms with van der Waals surface area (Å²) < 4.78 is 0. The number of carbonyl (C=O) groups is 1. The molecule has 2 fully saturated rings. The Bertz CT molecular complexity index is 407. The Morgan fingerprint density at radius 1 is 1.11 bits per heavy atom. The van der Waals surface area contributed by atoms with Gasteiger partial charge in [0.25, 0.3) is 5.91 Å². The van der Waals surface area contributed by atoms with Gasteiger partial charge in [-0.05, 0) is 26.3 Å². The van der Waals surface area contributed by atoms with E-state index in [2.05, 4.69) is 26.8 Å². The summed E-state index contributed by atoms with van der Waals surface area (Å²) >= 11 is 0. The minimum absolute atomic E-state index is 0.00466. The second-order valence-electron chi connectivity index (χ2n) is 5.44. The lowest BCUT2D eigenvalue weighted by molar-refractivity contribution is -0.120. The lowest BCUT2D eigenvalue weighted by atomic mass is 9.86. The Hall–Kier alpha value is -1.23. The van der Waals surface area contributed by atoms with E-state index in [1.807, 2.05) is 0 Å². The molecule has 3 aliphatic rings. The molecule has 98 valence electrons. The van der Waals surface area contributed by atoms with Gasteiger partial charge >= 0.3 is 0 Å². The van der Waals surface area contributed by atoms with Crippen LogP contribution >= 0.6 is 0 Å². The fourth-order valence-corrected chi connectivity index (χ4v) is 2.87. The molecule has 0 N–H and O–H groups in total. The zero-order valence-electron chi connectivity index (χ0n) is 10.9. The molecule has 0 spiro atoms. The van der Waals surface area contributed by atoms with E-state index in [1.54, 1.807) is 0 Å².